The van der Waals surface area contributed by atoms with E-state index in [9.17, 15) is 0 Å². The minimum atomic E-state index is 0.781. The molecule has 1 aromatic heterocycles. The minimum Gasteiger partial charge on any atom is -0.236 e. The van der Waals surface area contributed by atoms with E-state index < -0.39 is 0 Å². The molecule has 152 valence electrons. The van der Waals surface area contributed by atoms with Crippen LogP contribution in [0.5, 0.6) is 0 Å². The standard InChI is InChI=1S/C31H18N2/c1-2-4-16(5-3-1)31-32-14-22(15-33-31)23-13-21-11-19-7-6-17-10-18-8-9-20-12-24(23)30-28(20)26(18)25(17)27(19)29(21)30/h1-9,13-15H,10-12H2. The highest BCUT2D eigenvalue weighted by Gasteiger charge is 2.32. The van der Waals surface area contributed by atoms with E-state index in [1.807, 2.05) is 30.6 Å². The van der Waals surface area contributed by atoms with Gasteiger partial charge in [0.1, 0.15) is 0 Å². The van der Waals surface area contributed by atoms with Crippen LogP contribution in [-0.4, -0.2) is 9.97 Å². The van der Waals surface area contributed by atoms with Crippen molar-refractivity contribution in [2.24, 2.45) is 0 Å². The molecule has 3 aliphatic carbocycles. The molecule has 9 rings (SSSR count). The Bertz CT molecular complexity index is 1830. The molecular formula is C31H18N2. The molecule has 6 aromatic rings. The smallest absolute Gasteiger partial charge is 0.159 e. The summed E-state index contributed by atoms with van der Waals surface area (Å²) in [5.41, 5.74) is 12.4. The summed E-state index contributed by atoms with van der Waals surface area (Å²) in [5.74, 6) is 0.781. The second-order valence-corrected chi connectivity index (χ2v) is 9.77. The van der Waals surface area contributed by atoms with Gasteiger partial charge in [-0.05, 0) is 96.6 Å². The first kappa shape index (κ1) is 16.6. The van der Waals surface area contributed by atoms with Crippen molar-refractivity contribution in [3.63, 3.8) is 0 Å². The van der Waals surface area contributed by atoms with Crippen LogP contribution in [0.15, 0.2) is 73.1 Å². The van der Waals surface area contributed by atoms with E-state index in [1.165, 1.54) is 65.9 Å². The highest BCUT2D eigenvalue weighted by atomic mass is 14.9. The molecule has 1 heterocycles. The number of nitrogens with zero attached hydrogens (tertiary/aromatic N) is 2. The average Bonchev–Trinajstić information content (AvgIpc) is 3.54. The summed E-state index contributed by atoms with van der Waals surface area (Å²) in [6.07, 6.45) is 7.13. The van der Waals surface area contributed by atoms with Gasteiger partial charge in [-0.2, -0.15) is 0 Å². The molecule has 0 unspecified atom stereocenters. The lowest BCUT2D eigenvalue weighted by Gasteiger charge is -2.13. The highest BCUT2D eigenvalue weighted by molar-refractivity contribution is 6.33. The molecule has 0 saturated carbocycles. The topological polar surface area (TPSA) is 25.8 Å². The van der Waals surface area contributed by atoms with E-state index in [0.29, 0.717) is 0 Å². The predicted molar refractivity (Wildman–Crippen MR) is 134 cm³/mol. The molecule has 0 saturated heterocycles. The van der Waals surface area contributed by atoms with Gasteiger partial charge in [0.2, 0.25) is 0 Å². The Morgan fingerprint density at radius 2 is 1.03 bits per heavy atom. The van der Waals surface area contributed by atoms with E-state index >= 15 is 0 Å². The van der Waals surface area contributed by atoms with Crippen molar-refractivity contribution in [1.82, 2.24) is 9.97 Å². The zero-order chi connectivity index (χ0) is 21.3. The van der Waals surface area contributed by atoms with Crippen LogP contribution in [0.2, 0.25) is 0 Å². The molecular weight excluding hydrogens is 400 g/mol. The van der Waals surface area contributed by atoms with Crippen molar-refractivity contribution in [1.29, 1.82) is 0 Å². The first-order valence-electron chi connectivity index (χ1n) is 11.7. The molecule has 0 atom stereocenters. The third-order valence-corrected chi connectivity index (χ3v) is 8.15. The van der Waals surface area contributed by atoms with Gasteiger partial charge in [-0.25, -0.2) is 9.97 Å². The van der Waals surface area contributed by atoms with Crippen molar-refractivity contribution < 1.29 is 0 Å². The largest absolute Gasteiger partial charge is 0.236 e. The maximum Gasteiger partial charge on any atom is 0.159 e. The second-order valence-electron chi connectivity index (χ2n) is 9.77. The van der Waals surface area contributed by atoms with E-state index in [-0.39, 0.29) is 0 Å². The molecule has 33 heavy (non-hydrogen) atoms. The Hall–Kier alpha value is -4.04. The Kier molecular flexibility index (Phi) is 2.75. The van der Waals surface area contributed by atoms with Crippen LogP contribution in [-0.2, 0) is 19.3 Å². The predicted octanol–water partition coefficient (Wildman–Crippen LogP) is 6.98. The lowest BCUT2D eigenvalue weighted by molar-refractivity contribution is 1.17. The Morgan fingerprint density at radius 3 is 1.70 bits per heavy atom. The fraction of sp³-hybridized carbons (Fsp3) is 0.0968. The molecule has 0 N–H and O–H groups in total. The van der Waals surface area contributed by atoms with Gasteiger partial charge < -0.3 is 0 Å². The van der Waals surface area contributed by atoms with Crippen molar-refractivity contribution in [3.05, 3.63) is 106 Å². The van der Waals surface area contributed by atoms with Gasteiger partial charge in [-0.15, -0.1) is 0 Å². The maximum atomic E-state index is 4.75. The molecule has 2 nitrogen and oxygen atoms in total. The molecule has 0 radical (unpaired) electrons. The van der Waals surface area contributed by atoms with Crippen molar-refractivity contribution >= 4 is 32.3 Å². The number of benzene rings is 5. The monoisotopic (exact) mass is 418 g/mol. The summed E-state index contributed by atoms with van der Waals surface area (Å²) < 4.78 is 0. The normalized spacial score (nSPS) is 14.3. The summed E-state index contributed by atoms with van der Waals surface area (Å²) >= 11 is 0. The van der Waals surface area contributed by atoms with Gasteiger partial charge in [-0.1, -0.05) is 54.6 Å². The zero-order valence-corrected chi connectivity index (χ0v) is 17.9. The van der Waals surface area contributed by atoms with Crippen molar-refractivity contribution in [2.45, 2.75) is 19.3 Å². The molecule has 0 fully saturated rings. The summed E-state index contributed by atoms with van der Waals surface area (Å²) in [6, 6.07) is 22.2. The lowest BCUT2D eigenvalue weighted by atomic mass is 9.91. The number of rotatable bonds is 2. The third-order valence-electron chi connectivity index (χ3n) is 8.15. The average molecular weight is 418 g/mol. The number of hydrogen-bond donors (Lipinski definition) is 0. The van der Waals surface area contributed by atoms with Crippen molar-refractivity contribution in [2.75, 3.05) is 0 Å². The summed E-state index contributed by atoms with van der Waals surface area (Å²) in [4.78, 5) is 9.51. The van der Waals surface area contributed by atoms with Crippen LogP contribution < -0.4 is 0 Å². The first-order valence-corrected chi connectivity index (χ1v) is 11.7. The quantitative estimate of drug-likeness (QED) is 0.283. The fourth-order valence-corrected chi connectivity index (χ4v) is 6.84. The van der Waals surface area contributed by atoms with Crippen molar-refractivity contribution in [3.8, 4) is 22.5 Å². The maximum absolute atomic E-state index is 4.75. The van der Waals surface area contributed by atoms with Gasteiger partial charge in [0.25, 0.3) is 0 Å². The van der Waals surface area contributed by atoms with E-state index in [2.05, 4.69) is 42.5 Å². The molecule has 3 aliphatic rings. The van der Waals surface area contributed by atoms with Gasteiger partial charge in [0.15, 0.2) is 5.82 Å². The van der Waals surface area contributed by atoms with Crippen LogP contribution in [0.3, 0.4) is 0 Å². The van der Waals surface area contributed by atoms with E-state index in [0.717, 1.165) is 36.2 Å². The highest BCUT2D eigenvalue weighted by Crippen LogP contribution is 2.54. The van der Waals surface area contributed by atoms with E-state index in [1.54, 1.807) is 5.39 Å². The van der Waals surface area contributed by atoms with E-state index in [4.69, 9.17) is 9.97 Å². The molecule has 5 aromatic carbocycles. The molecule has 2 heteroatoms. The van der Waals surface area contributed by atoms with Crippen LogP contribution in [0.25, 0.3) is 54.8 Å². The fourth-order valence-electron chi connectivity index (χ4n) is 6.84. The number of aromatic nitrogens is 2. The number of hydrogen-bond acceptors (Lipinski definition) is 2. The SMILES string of the molecule is c1ccc(-c2ncc(-c3cc4c5c6c(ccc7c6c6c(ccc8c6c5c3C8)C7)C4)cn2)cc1. The summed E-state index contributed by atoms with van der Waals surface area (Å²) in [7, 11) is 0. The Morgan fingerprint density at radius 1 is 0.485 bits per heavy atom. The summed E-state index contributed by atoms with van der Waals surface area (Å²) in [6.45, 7) is 0. The molecule has 0 spiro atoms. The Labute approximate surface area is 190 Å². The second kappa shape index (κ2) is 5.47. The van der Waals surface area contributed by atoms with Crippen LogP contribution in [0.1, 0.15) is 33.4 Å². The van der Waals surface area contributed by atoms with Gasteiger partial charge >= 0.3 is 0 Å². The van der Waals surface area contributed by atoms with Gasteiger partial charge in [0, 0.05) is 23.5 Å². The van der Waals surface area contributed by atoms with Gasteiger partial charge in [-0.3, -0.25) is 0 Å². The van der Waals surface area contributed by atoms with Crippen LogP contribution in [0, 0.1) is 0 Å². The minimum absolute atomic E-state index is 0.781. The van der Waals surface area contributed by atoms with Crippen LogP contribution in [0.4, 0.5) is 0 Å². The molecule has 0 aliphatic heterocycles. The Balaban J connectivity index is 1.36. The molecule has 0 bridgehead atoms. The third kappa shape index (κ3) is 1.89. The van der Waals surface area contributed by atoms with Crippen LogP contribution >= 0.6 is 0 Å². The molecule has 0 amide bonds. The first-order chi connectivity index (χ1) is 16.3. The lowest BCUT2D eigenvalue weighted by Crippen LogP contribution is -1.94. The summed E-state index contributed by atoms with van der Waals surface area (Å²) in [5, 5.41) is 9.16. The zero-order valence-electron chi connectivity index (χ0n) is 17.9. The van der Waals surface area contributed by atoms with Gasteiger partial charge in [0.05, 0.1) is 0 Å².